The maximum absolute atomic E-state index is 4.58. The molecule has 17 heavy (non-hydrogen) atoms. The van der Waals surface area contributed by atoms with E-state index in [4.69, 9.17) is 0 Å². The lowest BCUT2D eigenvalue weighted by molar-refractivity contribution is 1.19. The summed E-state index contributed by atoms with van der Waals surface area (Å²) in [6.07, 6.45) is 7.80. The molecule has 1 nitrogen and oxygen atoms in total. The molecule has 0 radical (unpaired) electrons. The highest BCUT2D eigenvalue weighted by molar-refractivity contribution is 6.01. The third-order valence-electron chi connectivity index (χ3n) is 2.62. The minimum atomic E-state index is 0.969. The smallest absolute Gasteiger partial charge is 0.0447 e. The van der Waals surface area contributed by atoms with Crippen LogP contribution in [0.4, 0.5) is 0 Å². The second kappa shape index (κ2) is 7.61. The van der Waals surface area contributed by atoms with E-state index in [1.54, 1.807) is 0 Å². The highest BCUT2D eigenvalue weighted by Crippen LogP contribution is 2.14. The molecule has 0 fully saturated rings. The van der Waals surface area contributed by atoms with E-state index in [9.17, 15) is 0 Å². The van der Waals surface area contributed by atoms with E-state index in [1.165, 1.54) is 0 Å². The Kier molecular flexibility index (Phi) is 6.88. The Labute approximate surface area is 106 Å². The van der Waals surface area contributed by atoms with Crippen molar-refractivity contribution in [2.24, 2.45) is 4.99 Å². The summed E-state index contributed by atoms with van der Waals surface area (Å²) >= 11 is 0. The largest absolute Gasteiger partial charge is 0.258 e. The average molecular weight is 229 g/mol. The fraction of sp³-hybridized carbons (Fsp3) is 0.312. The van der Waals surface area contributed by atoms with Gasteiger partial charge in [0.1, 0.15) is 0 Å². The van der Waals surface area contributed by atoms with Crippen molar-refractivity contribution in [1.82, 2.24) is 0 Å². The van der Waals surface area contributed by atoms with E-state index in [2.05, 4.69) is 18.2 Å². The van der Waals surface area contributed by atoms with Crippen LogP contribution in [0, 0.1) is 0 Å². The van der Waals surface area contributed by atoms with Gasteiger partial charge in [-0.15, -0.1) is 0 Å². The Morgan fingerprint density at radius 1 is 1.12 bits per heavy atom. The molecule has 0 aliphatic carbocycles. The molecule has 0 atom stereocenters. The lowest BCUT2D eigenvalue weighted by atomic mass is 10.1. The molecule has 0 unspecified atom stereocenters. The minimum absolute atomic E-state index is 0.969. The lowest BCUT2D eigenvalue weighted by Crippen LogP contribution is -1.96. The zero-order chi connectivity index (χ0) is 13.4. The first-order valence-electron chi connectivity index (χ1n) is 5.78. The van der Waals surface area contributed by atoms with Gasteiger partial charge in [0.15, 0.2) is 0 Å². The van der Waals surface area contributed by atoms with E-state index in [-0.39, 0.29) is 0 Å². The molecule has 0 aromatic carbocycles. The van der Waals surface area contributed by atoms with E-state index in [0.29, 0.717) is 0 Å². The summed E-state index contributed by atoms with van der Waals surface area (Å²) < 4.78 is 0. The summed E-state index contributed by atoms with van der Waals surface area (Å²) in [6.45, 7) is 17.7. The standard InChI is InChI=1S/C16H23N/c1-8-10-11-16(9-2)15(7)17-14(6)13(5)12(3)4/h8-11H,2-3H2,1,4-7H3/b10-8-,14-13+,16-11+,17-15-. The van der Waals surface area contributed by atoms with Gasteiger partial charge in [-0.1, -0.05) is 43.0 Å². The van der Waals surface area contributed by atoms with Gasteiger partial charge in [0.05, 0.1) is 0 Å². The van der Waals surface area contributed by atoms with E-state index < -0.39 is 0 Å². The third-order valence-corrected chi connectivity index (χ3v) is 2.62. The Balaban J connectivity index is 5.29. The second-order valence-electron chi connectivity index (χ2n) is 4.04. The number of allylic oxidation sites excluding steroid dienone is 8. The second-order valence-corrected chi connectivity index (χ2v) is 4.04. The molecule has 0 spiro atoms. The fourth-order valence-corrected chi connectivity index (χ4v) is 1.25. The van der Waals surface area contributed by atoms with Crippen LogP contribution in [0.5, 0.6) is 0 Å². The van der Waals surface area contributed by atoms with Crippen molar-refractivity contribution < 1.29 is 0 Å². The quantitative estimate of drug-likeness (QED) is 0.464. The molecule has 0 saturated carbocycles. The van der Waals surface area contributed by atoms with Gasteiger partial charge in [0.25, 0.3) is 0 Å². The van der Waals surface area contributed by atoms with Gasteiger partial charge < -0.3 is 0 Å². The number of nitrogens with zero attached hydrogens (tertiary/aromatic N) is 1. The van der Waals surface area contributed by atoms with Crippen LogP contribution in [-0.2, 0) is 0 Å². The Bertz CT molecular complexity index is 415. The highest BCUT2D eigenvalue weighted by atomic mass is 14.7. The maximum Gasteiger partial charge on any atom is 0.0447 e. The first kappa shape index (κ1) is 15.4. The van der Waals surface area contributed by atoms with Crippen molar-refractivity contribution in [1.29, 1.82) is 0 Å². The van der Waals surface area contributed by atoms with Crippen LogP contribution in [0.2, 0.25) is 0 Å². The molecule has 0 saturated heterocycles. The first-order valence-corrected chi connectivity index (χ1v) is 5.78. The number of aliphatic imine (C=N–C) groups is 1. The number of rotatable bonds is 5. The molecule has 92 valence electrons. The SMILES string of the molecule is C=CC(=C\C=C/C)/C(C)=N\C(C)=C(/C)C(=C)C. The molecule has 0 aromatic heterocycles. The third kappa shape index (κ3) is 5.30. The van der Waals surface area contributed by atoms with Crippen LogP contribution < -0.4 is 0 Å². The average Bonchev–Trinajstić information content (AvgIpc) is 2.28. The predicted molar refractivity (Wildman–Crippen MR) is 79.4 cm³/mol. The molecule has 0 amide bonds. The van der Waals surface area contributed by atoms with E-state index in [1.807, 2.05) is 58.9 Å². The van der Waals surface area contributed by atoms with Crippen LogP contribution >= 0.6 is 0 Å². The summed E-state index contributed by atoms with van der Waals surface area (Å²) in [5, 5.41) is 0. The van der Waals surface area contributed by atoms with Crippen LogP contribution in [-0.4, -0.2) is 5.71 Å². The fourth-order valence-electron chi connectivity index (χ4n) is 1.25. The van der Waals surface area contributed by atoms with Crippen molar-refractivity contribution >= 4 is 5.71 Å². The summed E-state index contributed by atoms with van der Waals surface area (Å²) in [5.41, 5.74) is 5.20. The van der Waals surface area contributed by atoms with Gasteiger partial charge in [0, 0.05) is 11.4 Å². The molecular formula is C16H23N. The van der Waals surface area contributed by atoms with E-state index >= 15 is 0 Å². The van der Waals surface area contributed by atoms with Crippen LogP contribution in [0.1, 0.15) is 34.6 Å². The van der Waals surface area contributed by atoms with Crippen molar-refractivity contribution in [3.8, 4) is 0 Å². The predicted octanol–water partition coefficient (Wildman–Crippen LogP) is 5.01. The number of hydrogen-bond donors (Lipinski definition) is 0. The van der Waals surface area contributed by atoms with Crippen molar-refractivity contribution in [3.05, 3.63) is 59.9 Å². The molecule has 0 aromatic rings. The normalized spacial score (nSPS) is 14.9. The molecular weight excluding hydrogens is 206 g/mol. The van der Waals surface area contributed by atoms with Gasteiger partial charge in [-0.2, -0.15) is 0 Å². The summed E-state index contributed by atoms with van der Waals surface area (Å²) in [7, 11) is 0. The summed E-state index contributed by atoms with van der Waals surface area (Å²) in [6, 6.07) is 0. The van der Waals surface area contributed by atoms with Gasteiger partial charge in [0.2, 0.25) is 0 Å². The molecule has 0 heterocycles. The van der Waals surface area contributed by atoms with Gasteiger partial charge in [-0.3, -0.25) is 4.99 Å². The first-order chi connectivity index (χ1) is 7.93. The Hall–Kier alpha value is -1.63. The Morgan fingerprint density at radius 2 is 1.71 bits per heavy atom. The molecule has 0 bridgehead atoms. The monoisotopic (exact) mass is 229 g/mol. The topological polar surface area (TPSA) is 12.4 Å². The lowest BCUT2D eigenvalue weighted by Gasteiger charge is -2.05. The van der Waals surface area contributed by atoms with Gasteiger partial charge in [-0.25, -0.2) is 0 Å². The maximum atomic E-state index is 4.58. The van der Waals surface area contributed by atoms with Crippen molar-refractivity contribution in [2.45, 2.75) is 34.6 Å². The molecule has 0 aliphatic heterocycles. The van der Waals surface area contributed by atoms with Crippen molar-refractivity contribution in [3.63, 3.8) is 0 Å². The van der Waals surface area contributed by atoms with Crippen LogP contribution in [0.25, 0.3) is 0 Å². The van der Waals surface area contributed by atoms with Gasteiger partial charge >= 0.3 is 0 Å². The molecule has 1 heteroatoms. The van der Waals surface area contributed by atoms with Crippen molar-refractivity contribution in [2.75, 3.05) is 0 Å². The zero-order valence-electron chi connectivity index (χ0n) is 11.7. The molecule has 0 rings (SSSR count). The Morgan fingerprint density at radius 3 is 2.12 bits per heavy atom. The van der Waals surface area contributed by atoms with Gasteiger partial charge in [-0.05, 0) is 45.8 Å². The van der Waals surface area contributed by atoms with E-state index in [0.717, 1.165) is 28.1 Å². The molecule has 0 aliphatic rings. The zero-order valence-corrected chi connectivity index (χ0v) is 11.7. The number of hydrogen-bond acceptors (Lipinski definition) is 1. The van der Waals surface area contributed by atoms with Crippen LogP contribution in [0.3, 0.4) is 0 Å². The highest BCUT2D eigenvalue weighted by Gasteiger charge is 1.99. The summed E-state index contributed by atoms with van der Waals surface area (Å²) in [5.74, 6) is 0. The minimum Gasteiger partial charge on any atom is -0.258 e. The van der Waals surface area contributed by atoms with Crippen LogP contribution in [0.15, 0.2) is 64.9 Å². The summed E-state index contributed by atoms with van der Waals surface area (Å²) in [4.78, 5) is 4.58. The molecule has 0 N–H and O–H groups in total.